The number of fused-ring (bicyclic) bond motifs is 2. The van der Waals surface area contributed by atoms with E-state index >= 15 is 0 Å². The second-order valence-corrected chi connectivity index (χ2v) is 6.18. The molecule has 0 saturated carbocycles. The lowest BCUT2D eigenvalue weighted by Gasteiger charge is -2.08. The fourth-order valence-electron chi connectivity index (χ4n) is 2.96. The Morgan fingerprint density at radius 3 is 2.79 bits per heavy atom. The van der Waals surface area contributed by atoms with Crippen molar-refractivity contribution in [3.05, 3.63) is 70.2 Å². The maximum absolute atomic E-state index is 12.4. The minimum atomic E-state index is -0.603. The molecule has 0 aliphatic rings. The highest BCUT2D eigenvalue weighted by Gasteiger charge is 2.16. The highest BCUT2D eigenvalue weighted by molar-refractivity contribution is 6.01. The third-order valence-corrected chi connectivity index (χ3v) is 4.17. The number of esters is 1. The first kappa shape index (κ1) is 17.5. The summed E-state index contributed by atoms with van der Waals surface area (Å²) in [7, 11) is 0. The van der Waals surface area contributed by atoms with Gasteiger partial charge in [-0.3, -0.25) is 9.89 Å². The molecule has 140 valence electrons. The van der Waals surface area contributed by atoms with Crippen LogP contribution in [0.25, 0.3) is 21.9 Å². The molecule has 0 bridgehead atoms. The molecule has 0 unspecified atom stereocenters. The van der Waals surface area contributed by atoms with Crippen LogP contribution in [0.4, 0.5) is 5.69 Å². The monoisotopic (exact) mass is 377 g/mol. The highest BCUT2D eigenvalue weighted by Crippen LogP contribution is 2.23. The average molecular weight is 377 g/mol. The van der Waals surface area contributed by atoms with E-state index in [0.29, 0.717) is 22.0 Å². The predicted octanol–water partition coefficient (Wildman–Crippen LogP) is 2.98. The molecule has 0 radical (unpaired) electrons. The molecule has 8 heteroatoms. The number of H-pyrrole nitrogens is 1. The van der Waals surface area contributed by atoms with E-state index in [0.717, 1.165) is 5.52 Å². The topological polar surface area (TPSA) is 114 Å². The molecule has 2 heterocycles. The van der Waals surface area contributed by atoms with Crippen LogP contribution >= 0.6 is 0 Å². The fourth-order valence-corrected chi connectivity index (χ4v) is 2.96. The summed E-state index contributed by atoms with van der Waals surface area (Å²) in [5.74, 6) is -0.841. The van der Waals surface area contributed by atoms with Crippen LogP contribution in [-0.4, -0.2) is 22.1 Å². The zero-order valence-electron chi connectivity index (χ0n) is 14.8. The smallest absolute Gasteiger partial charge is 0.359 e. The highest BCUT2D eigenvalue weighted by atomic mass is 16.5. The fraction of sp³-hybridized carbons (Fsp3) is 0.100. The summed E-state index contributed by atoms with van der Waals surface area (Å²) < 4.78 is 10.6. The normalized spacial score (nSPS) is 10.9. The molecule has 8 nitrogen and oxygen atoms in total. The molecule has 0 saturated heterocycles. The Morgan fingerprint density at radius 1 is 1.14 bits per heavy atom. The number of anilines is 1. The molecule has 2 aromatic carbocycles. The first-order valence-electron chi connectivity index (χ1n) is 8.46. The van der Waals surface area contributed by atoms with Gasteiger partial charge in [0, 0.05) is 41.1 Å². The Balaban J connectivity index is 1.61. The van der Waals surface area contributed by atoms with E-state index in [1.807, 2.05) is 12.1 Å². The zero-order valence-corrected chi connectivity index (χ0v) is 14.8. The standard InChI is InChI=1S/C20H15N3O5/c1-11(24)21-13-6-7-14-12(8-18(25)28-17(14)9-13)10-27-20(26)19-15-4-2-3-5-16(15)22-23-19/h2-9H,10H2,1H3,(H,21,24)(H,22,23). The van der Waals surface area contributed by atoms with Gasteiger partial charge in [-0.25, -0.2) is 9.59 Å². The van der Waals surface area contributed by atoms with Crippen molar-refractivity contribution in [2.75, 3.05) is 5.32 Å². The van der Waals surface area contributed by atoms with Gasteiger partial charge in [-0.1, -0.05) is 18.2 Å². The van der Waals surface area contributed by atoms with E-state index in [1.54, 1.807) is 30.3 Å². The van der Waals surface area contributed by atoms with Crippen LogP contribution in [0, 0.1) is 0 Å². The summed E-state index contributed by atoms with van der Waals surface area (Å²) in [5, 5.41) is 10.7. The van der Waals surface area contributed by atoms with Crippen LogP contribution in [0.3, 0.4) is 0 Å². The molecule has 1 amide bonds. The number of carbonyl (C=O) groups is 2. The van der Waals surface area contributed by atoms with E-state index in [4.69, 9.17) is 9.15 Å². The average Bonchev–Trinajstić information content (AvgIpc) is 3.09. The van der Waals surface area contributed by atoms with Gasteiger partial charge in [-0.15, -0.1) is 0 Å². The van der Waals surface area contributed by atoms with E-state index in [2.05, 4.69) is 15.5 Å². The van der Waals surface area contributed by atoms with E-state index < -0.39 is 11.6 Å². The van der Waals surface area contributed by atoms with Gasteiger partial charge in [-0.2, -0.15) is 5.10 Å². The zero-order chi connectivity index (χ0) is 19.7. The summed E-state index contributed by atoms with van der Waals surface area (Å²) in [6.45, 7) is 1.26. The largest absolute Gasteiger partial charge is 0.456 e. The first-order chi connectivity index (χ1) is 13.5. The summed E-state index contributed by atoms with van der Waals surface area (Å²) >= 11 is 0. The van der Waals surface area contributed by atoms with Crippen LogP contribution in [0.1, 0.15) is 23.0 Å². The van der Waals surface area contributed by atoms with Crippen LogP contribution in [0.2, 0.25) is 0 Å². The van der Waals surface area contributed by atoms with Gasteiger partial charge >= 0.3 is 11.6 Å². The number of carbonyl (C=O) groups excluding carboxylic acids is 2. The number of aromatic amines is 1. The lowest BCUT2D eigenvalue weighted by Crippen LogP contribution is -2.09. The summed E-state index contributed by atoms with van der Waals surface area (Å²) in [6.07, 6.45) is 0. The minimum Gasteiger partial charge on any atom is -0.456 e. The summed E-state index contributed by atoms with van der Waals surface area (Å²) in [5.41, 5.74) is 1.61. The lowest BCUT2D eigenvalue weighted by atomic mass is 10.1. The first-order valence-corrected chi connectivity index (χ1v) is 8.46. The molecule has 2 N–H and O–H groups in total. The Morgan fingerprint density at radius 2 is 1.96 bits per heavy atom. The van der Waals surface area contributed by atoms with Crippen LogP contribution < -0.4 is 10.9 Å². The van der Waals surface area contributed by atoms with Gasteiger partial charge < -0.3 is 14.5 Å². The SMILES string of the molecule is CC(=O)Nc1ccc2c(COC(=O)c3n[nH]c4ccccc34)cc(=O)oc2c1. The Bertz CT molecular complexity index is 1270. The van der Waals surface area contributed by atoms with Crippen molar-refractivity contribution in [2.24, 2.45) is 0 Å². The Hall–Kier alpha value is -3.94. The molecule has 2 aromatic heterocycles. The molecule has 28 heavy (non-hydrogen) atoms. The molecule has 0 aliphatic carbocycles. The number of hydrogen-bond donors (Lipinski definition) is 2. The lowest BCUT2D eigenvalue weighted by molar-refractivity contribution is -0.114. The predicted molar refractivity (Wildman–Crippen MR) is 102 cm³/mol. The number of aromatic nitrogens is 2. The molecule has 0 fully saturated rings. The number of ether oxygens (including phenoxy) is 1. The molecule has 4 rings (SSSR count). The minimum absolute atomic E-state index is 0.123. The maximum Gasteiger partial charge on any atom is 0.359 e. The molecule has 0 spiro atoms. The van der Waals surface area contributed by atoms with Crippen molar-refractivity contribution >= 4 is 39.4 Å². The van der Waals surface area contributed by atoms with E-state index in [9.17, 15) is 14.4 Å². The third kappa shape index (κ3) is 3.35. The summed E-state index contributed by atoms with van der Waals surface area (Å²) in [6, 6.07) is 13.4. The molecule has 0 aliphatic heterocycles. The van der Waals surface area contributed by atoms with Gasteiger partial charge in [-0.05, 0) is 18.2 Å². The number of hydrogen-bond acceptors (Lipinski definition) is 6. The molecular weight excluding hydrogens is 362 g/mol. The van der Waals surface area contributed by atoms with Gasteiger partial charge in [0.15, 0.2) is 5.69 Å². The second kappa shape index (κ2) is 6.99. The van der Waals surface area contributed by atoms with Gasteiger partial charge in [0.25, 0.3) is 0 Å². The van der Waals surface area contributed by atoms with Crippen molar-refractivity contribution in [1.29, 1.82) is 0 Å². The van der Waals surface area contributed by atoms with Crippen molar-refractivity contribution < 1.29 is 18.7 Å². The maximum atomic E-state index is 12.4. The number of nitrogens with zero attached hydrogens (tertiary/aromatic N) is 1. The van der Waals surface area contributed by atoms with Crippen molar-refractivity contribution in [1.82, 2.24) is 10.2 Å². The van der Waals surface area contributed by atoms with Crippen molar-refractivity contribution in [2.45, 2.75) is 13.5 Å². The third-order valence-electron chi connectivity index (χ3n) is 4.17. The molecule has 0 atom stereocenters. The summed E-state index contributed by atoms with van der Waals surface area (Å²) in [4.78, 5) is 35.5. The van der Waals surface area contributed by atoms with Gasteiger partial charge in [0.1, 0.15) is 12.2 Å². The van der Waals surface area contributed by atoms with E-state index in [-0.39, 0.29) is 23.8 Å². The van der Waals surface area contributed by atoms with Gasteiger partial charge in [0.2, 0.25) is 5.91 Å². The van der Waals surface area contributed by atoms with Crippen LogP contribution in [0.5, 0.6) is 0 Å². The number of amides is 1. The number of para-hydroxylation sites is 1. The number of nitrogens with one attached hydrogen (secondary N) is 2. The quantitative estimate of drug-likeness (QED) is 0.417. The molecule has 4 aromatic rings. The second-order valence-electron chi connectivity index (χ2n) is 6.18. The van der Waals surface area contributed by atoms with Crippen LogP contribution in [0.15, 0.2) is 57.7 Å². The van der Waals surface area contributed by atoms with Crippen molar-refractivity contribution in [3.8, 4) is 0 Å². The van der Waals surface area contributed by atoms with Gasteiger partial charge in [0.05, 0.1) is 5.52 Å². The van der Waals surface area contributed by atoms with Crippen LogP contribution in [-0.2, 0) is 16.1 Å². The Labute approximate surface area is 158 Å². The Kier molecular flexibility index (Phi) is 4.36. The number of benzene rings is 2. The van der Waals surface area contributed by atoms with E-state index in [1.165, 1.54) is 13.0 Å². The van der Waals surface area contributed by atoms with Crippen molar-refractivity contribution in [3.63, 3.8) is 0 Å². The number of rotatable bonds is 4. The molecular formula is C20H15N3O5.